The number of hydrogen-bond acceptors (Lipinski definition) is 6. The molecule has 0 aromatic carbocycles. The van der Waals surface area contributed by atoms with Gasteiger partial charge in [0.05, 0.1) is 0 Å². The minimum atomic E-state index is -0.807. The summed E-state index contributed by atoms with van der Waals surface area (Å²) < 4.78 is 16.8. The summed E-state index contributed by atoms with van der Waals surface area (Å²) >= 11 is 0. The van der Waals surface area contributed by atoms with Crippen molar-refractivity contribution < 1.29 is 28.6 Å². The minimum absolute atomic E-state index is 0.0981. The van der Waals surface area contributed by atoms with Crippen molar-refractivity contribution in [2.75, 3.05) is 13.2 Å². The molecule has 0 saturated heterocycles. The number of carbonyl (C=O) groups excluding carboxylic acids is 3. The van der Waals surface area contributed by atoms with E-state index in [0.717, 1.165) is 83.5 Å². The van der Waals surface area contributed by atoms with Crippen LogP contribution in [-0.4, -0.2) is 37.2 Å². The van der Waals surface area contributed by atoms with Crippen molar-refractivity contribution in [2.45, 2.75) is 297 Å². The summed E-state index contributed by atoms with van der Waals surface area (Å²) in [7, 11) is 0. The molecule has 1 atom stereocenters. The van der Waals surface area contributed by atoms with Gasteiger partial charge in [-0.05, 0) is 83.5 Å². The third-order valence-electron chi connectivity index (χ3n) is 12.7. The second-order valence-corrected chi connectivity index (χ2v) is 19.5. The highest BCUT2D eigenvalue weighted by molar-refractivity contribution is 5.71. The van der Waals surface area contributed by atoms with Gasteiger partial charge in [0.15, 0.2) is 6.10 Å². The number of rotatable bonds is 53. The molecule has 0 aliphatic carbocycles. The Hall–Kier alpha value is -3.15. The normalized spacial score (nSPS) is 12.6. The molecule has 0 bridgehead atoms. The molecular weight excluding hydrogens is 853 g/mol. The Kier molecular flexibility index (Phi) is 54.8. The van der Waals surface area contributed by atoms with E-state index in [2.05, 4.69) is 93.7 Å². The molecule has 0 spiro atoms. The quantitative estimate of drug-likeness (QED) is 0.0262. The van der Waals surface area contributed by atoms with Gasteiger partial charge in [-0.3, -0.25) is 14.4 Å². The summed E-state index contributed by atoms with van der Waals surface area (Å²) in [5.74, 6) is -0.956. The molecule has 0 aromatic rings. The molecule has 0 fully saturated rings. The van der Waals surface area contributed by atoms with Crippen LogP contribution in [-0.2, 0) is 28.6 Å². The maximum absolute atomic E-state index is 12.8. The largest absolute Gasteiger partial charge is 0.462 e. The lowest BCUT2D eigenvalue weighted by Crippen LogP contribution is -2.30. The van der Waals surface area contributed by atoms with Crippen LogP contribution in [0.25, 0.3) is 0 Å². The number of esters is 3. The molecule has 0 rings (SSSR count). The lowest BCUT2D eigenvalue weighted by molar-refractivity contribution is -0.167. The van der Waals surface area contributed by atoms with E-state index in [0.29, 0.717) is 19.3 Å². The smallest absolute Gasteiger partial charge is 0.306 e. The zero-order chi connectivity index (χ0) is 50.0. The van der Waals surface area contributed by atoms with E-state index < -0.39 is 6.10 Å². The molecule has 0 saturated carbocycles. The van der Waals surface area contributed by atoms with Gasteiger partial charge in [0.1, 0.15) is 13.2 Å². The number of ether oxygens (including phenoxy) is 3. The van der Waals surface area contributed by atoms with Crippen LogP contribution in [0.4, 0.5) is 0 Å². The van der Waals surface area contributed by atoms with Crippen LogP contribution in [0.3, 0.4) is 0 Å². The first-order valence-corrected chi connectivity index (χ1v) is 29.4. The Bertz CT molecular complexity index is 1290. The molecule has 0 heterocycles. The van der Waals surface area contributed by atoms with Crippen molar-refractivity contribution in [1.29, 1.82) is 0 Å². The van der Waals surface area contributed by atoms with Gasteiger partial charge < -0.3 is 14.2 Å². The predicted molar refractivity (Wildman–Crippen MR) is 298 cm³/mol. The summed E-state index contributed by atoms with van der Waals surface area (Å²) in [5.41, 5.74) is 0. The van der Waals surface area contributed by atoms with Crippen LogP contribution in [0.15, 0.2) is 72.9 Å². The van der Waals surface area contributed by atoms with Gasteiger partial charge in [-0.2, -0.15) is 0 Å². The van der Waals surface area contributed by atoms with Crippen molar-refractivity contribution in [1.82, 2.24) is 0 Å². The van der Waals surface area contributed by atoms with E-state index in [1.165, 1.54) is 161 Å². The number of unbranched alkanes of at least 4 members (excludes halogenated alkanes) is 30. The third-order valence-corrected chi connectivity index (χ3v) is 12.7. The molecule has 0 amide bonds. The zero-order valence-electron chi connectivity index (χ0n) is 45.6. The van der Waals surface area contributed by atoms with Gasteiger partial charge >= 0.3 is 17.9 Å². The fraction of sp³-hybridized carbons (Fsp3) is 0.762. The summed E-state index contributed by atoms with van der Waals surface area (Å²) in [4.78, 5) is 38.1. The molecule has 0 aliphatic rings. The fourth-order valence-electron chi connectivity index (χ4n) is 8.30. The maximum atomic E-state index is 12.8. The Morgan fingerprint density at radius 3 is 0.957 bits per heavy atom. The predicted octanol–water partition coefficient (Wildman–Crippen LogP) is 19.8. The maximum Gasteiger partial charge on any atom is 0.306 e. The Labute approximate surface area is 427 Å². The summed E-state index contributed by atoms with van der Waals surface area (Å²) in [6.45, 7) is 6.49. The van der Waals surface area contributed by atoms with Crippen LogP contribution in [0.2, 0.25) is 0 Å². The monoisotopic (exact) mass is 963 g/mol. The number of hydrogen-bond donors (Lipinski definition) is 0. The van der Waals surface area contributed by atoms with E-state index in [1.807, 2.05) is 0 Å². The molecule has 398 valence electrons. The third kappa shape index (κ3) is 55.6. The second-order valence-electron chi connectivity index (χ2n) is 19.5. The standard InChI is InChI=1S/C63H110O6/c1-4-7-10-13-16-19-22-25-27-29-30-31-32-34-35-38-41-44-47-50-53-56-62(65)68-59-60(58-67-61(64)55-52-49-46-43-40-37-24-21-18-15-12-9-6-3)69-63(66)57-54-51-48-45-42-39-36-33-28-26-23-20-17-14-11-8-5-2/h8,11,17,20-21,24,26,28,36,39,45,48,60H,4-7,9-10,12-16,18-19,22-23,25,27,29-35,37-38,40-44,46-47,49-59H2,1-3H3/b11-8-,20-17-,24-21-,28-26-,39-36-,48-45-. The van der Waals surface area contributed by atoms with Crippen molar-refractivity contribution in [3.8, 4) is 0 Å². The first kappa shape index (κ1) is 65.8. The summed E-state index contributed by atoms with van der Waals surface area (Å²) in [6.07, 6.45) is 73.4. The molecule has 69 heavy (non-hydrogen) atoms. The molecular formula is C63H110O6. The van der Waals surface area contributed by atoms with Crippen LogP contribution in [0, 0.1) is 0 Å². The number of carbonyl (C=O) groups is 3. The SMILES string of the molecule is CC/C=C\C/C=C\C/C=C\C/C=C\C/C=C\CCCC(=O)OC(COC(=O)CCCCCCC/C=C\CCCCCC)COC(=O)CCCCCCCCCCCCCCCCCCCCCCC. The Morgan fingerprint density at radius 1 is 0.304 bits per heavy atom. The zero-order valence-corrected chi connectivity index (χ0v) is 45.6. The Morgan fingerprint density at radius 2 is 0.580 bits per heavy atom. The first-order valence-electron chi connectivity index (χ1n) is 29.4. The van der Waals surface area contributed by atoms with Gasteiger partial charge in [0.2, 0.25) is 0 Å². The lowest BCUT2D eigenvalue weighted by atomic mass is 10.0. The van der Waals surface area contributed by atoms with Gasteiger partial charge in [0.25, 0.3) is 0 Å². The average molecular weight is 964 g/mol. The molecule has 0 radical (unpaired) electrons. The topological polar surface area (TPSA) is 78.9 Å². The molecule has 0 aliphatic heterocycles. The molecule has 1 unspecified atom stereocenters. The van der Waals surface area contributed by atoms with Crippen LogP contribution < -0.4 is 0 Å². The average Bonchev–Trinajstić information content (AvgIpc) is 3.35. The van der Waals surface area contributed by atoms with Crippen molar-refractivity contribution in [3.63, 3.8) is 0 Å². The van der Waals surface area contributed by atoms with Crippen LogP contribution in [0.1, 0.15) is 290 Å². The van der Waals surface area contributed by atoms with E-state index in [1.54, 1.807) is 0 Å². The summed E-state index contributed by atoms with van der Waals surface area (Å²) in [6, 6.07) is 0. The van der Waals surface area contributed by atoms with E-state index >= 15 is 0 Å². The van der Waals surface area contributed by atoms with Gasteiger partial charge in [-0.1, -0.05) is 261 Å². The highest BCUT2D eigenvalue weighted by Crippen LogP contribution is 2.16. The minimum Gasteiger partial charge on any atom is -0.462 e. The van der Waals surface area contributed by atoms with Crippen LogP contribution >= 0.6 is 0 Å². The lowest BCUT2D eigenvalue weighted by Gasteiger charge is -2.18. The van der Waals surface area contributed by atoms with Crippen molar-refractivity contribution in [3.05, 3.63) is 72.9 Å². The fourth-order valence-corrected chi connectivity index (χ4v) is 8.30. The Balaban J connectivity index is 4.39. The van der Waals surface area contributed by atoms with Gasteiger partial charge in [0, 0.05) is 19.3 Å². The van der Waals surface area contributed by atoms with Crippen molar-refractivity contribution >= 4 is 17.9 Å². The van der Waals surface area contributed by atoms with E-state index in [9.17, 15) is 14.4 Å². The highest BCUT2D eigenvalue weighted by atomic mass is 16.6. The molecule has 0 N–H and O–H groups in total. The second kappa shape index (κ2) is 57.4. The number of allylic oxidation sites excluding steroid dienone is 12. The first-order chi connectivity index (χ1) is 34.0. The van der Waals surface area contributed by atoms with E-state index in [-0.39, 0.29) is 37.5 Å². The molecule has 0 aromatic heterocycles. The van der Waals surface area contributed by atoms with Crippen molar-refractivity contribution in [2.24, 2.45) is 0 Å². The summed E-state index contributed by atoms with van der Waals surface area (Å²) in [5, 5.41) is 0. The van der Waals surface area contributed by atoms with Gasteiger partial charge in [-0.15, -0.1) is 0 Å². The van der Waals surface area contributed by atoms with E-state index in [4.69, 9.17) is 14.2 Å². The highest BCUT2D eigenvalue weighted by Gasteiger charge is 2.19. The molecule has 6 nitrogen and oxygen atoms in total. The molecule has 6 heteroatoms. The van der Waals surface area contributed by atoms with Gasteiger partial charge in [-0.25, -0.2) is 0 Å². The van der Waals surface area contributed by atoms with Crippen LogP contribution in [0.5, 0.6) is 0 Å².